The second-order valence-electron chi connectivity index (χ2n) is 5.84. The van der Waals surface area contributed by atoms with Crippen LogP contribution in [0.3, 0.4) is 0 Å². The maximum atomic E-state index is 9.44. The summed E-state index contributed by atoms with van der Waals surface area (Å²) in [6, 6.07) is 10.7. The molecule has 0 atom stereocenters. The van der Waals surface area contributed by atoms with Crippen molar-refractivity contribution in [2.45, 2.75) is 33.1 Å². The SMILES string of the molecule is Cc1cc(C)cc(N(C)c2nc3c(cc2C#N)CCC3)c1. The highest BCUT2D eigenvalue weighted by Crippen LogP contribution is 2.31. The molecular formula is C18H19N3. The molecule has 2 aromatic rings. The van der Waals surface area contributed by atoms with Gasteiger partial charge in [-0.25, -0.2) is 4.98 Å². The number of rotatable bonds is 2. The van der Waals surface area contributed by atoms with Crippen molar-refractivity contribution in [3.8, 4) is 6.07 Å². The standard InChI is InChI=1S/C18H19N3/c1-12-7-13(2)9-16(8-12)21(3)18-15(11-19)10-14-5-4-6-17(14)20-18/h7-10H,4-6H2,1-3H3. The minimum absolute atomic E-state index is 0.664. The molecule has 0 unspecified atom stereocenters. The van der Waals surface area contributed by atoms with Crippen LogP contribution in [0.25, 0.3) is 0 Å². The highest BCUT2D eigenvalue weighted by atomic mass is 15.2. The molecule has 0 aliphatic heterocycles. The maximum Gasteiger partial charge on any atom is 0.151 e. The predicted molar refractivity (Wildman–Crippen MR) is 85.0 cm³/mol. The van der Waals surface area contributed by atoms with Gasteiger partial charge in [-0.15, -0.1) is 0 Å². The zero-order chi connectivity index (χ0) is 15.0. The first-order chi connectivity index (χ1) is 10.1. The first-order valence-electron chi connectivity index (χ1n) is 7.33. The van der Waals surface area contributed by atoms with Gasteiger partial charge in [0, 0.05) is 18.4 Å². The summed E-state index contributed by atoms with van der Waals surface area (Å²) < 4.78 is 0. The van der Waals surface area contributed by atoms with E-state index in [1.165, 1.54) is 16.7 Å². The number of anilines is 2. The number of aryl methyl sites for hydroxylation is 4. The van der Waals surface area contributed by atoms with E-state index >= 15 is 0 Å². The van der Waals surface area contributed by atoms with Crippen LogP contribution in [0.2, 0.25) is 0 Å². The van der Waals surface area contributed by atoms with Crippen LogP contribution in [0.1, 0.15) is 34.4 Å². The quantitative estimate of drug-likeness (QED) is 0.837. The van der Waals surface area contributed by atoms with Gasteiger partial charge in [-0.2, -0.15) is 5.26 Å². The van der Waals surface area contributed by atoms with Gasteiger partial charge in [0.05, 0.1) is 5.56 Å². The average Bonchev–Trinajstić information content (AvgIpc) is 2.91. The fourth-order valence-corrected chi connectivity index (χ4v) is 3.07. The lowest BCUT2D eigenvalue weighted by Crippen LogP contribution is -2.14. The molecule has 1 aromatic heterocycles. The van der Waals surface area contributed by atoms with Crippen molar-refractivity contribution in [1.82, 2.24) is 4.98 Å². The molecule has 0 saturated carbocycles. The van der Waals surface area contributed by atoms with E-state index in [4.69, 9.17) is 4.98 Å². The Morgan fingerprint density at radius 1 is 1.10 bits per heavy atom. The molecule has 106 valence electrons. The lowest BCUT2D eigenvalue weighted by atomic mass is 10.1. The number of nitrogens with zero attached hydrogens (tertiary/aromatic N) is 3. The Balaban J connectivity index is 2.09. The zero-order valence-electron chi connectivity index (χ0n) is 12.8. The van der Waals surface area contributed by atoms with Gasteiger partial charge in [0.2, 0.25) is 0 Å². The van der Waals surface area contributed by atoms with Gasteiger partial charge in [0.1, 0.15) is 6.07 Å². The minimum Gasteiger partial charge on any atom is -0.328 e. The molecule has 3 heteroatoms. The van der Waals surface area contributed by atoms with E-state index in [1.54, 1.807) is 0 Å². The number of hydrogen-bond donors (Lipinski definition) is 0. The third kappa shape index (κ3) is 2.50. The lowest BCUT2D eigenvalue weighted by Gasteiger charge is -2.21. The first-order valence-corrected chi connectivity index (χ1v) is 7.33. The molecule has 0 amide bonds. The summed E-state index contributed by atoms with van der Waals surface area (Å²) >= 11 is 0. The monoisotopic (exact) mass is 277 g/mol. The van der Waals surface area contributed by atoms with Crippen LogP contribution in [0.15, 0.2) is 24.3 Å². The number of pyridine rings is 1. The Bertz CT molecular complexity index is 721. The second kappa shape index (κ2) is 5.21. The largest absolute Gasteiger partial charge is 0.328 e. The molecule has 0 spiro atoms. The molecule has 0 N–H and O–H groups in total. The molecule has 0 saturated heterocycles. The Hall–Kier alpha value is -2.34. The summed E-state index contributed by atoms with van der Waals surface area (Å²) in [6.07, 6.45) is 3.21. The van der Waals surface area contributed by atoms with Crippen molar-refractivity contribution in [1.29, 1.82) is 5.26 Å². The summed E-state index contributed by atoms with van der Waals surface area (Å²) in [5, 5.41) is 9.44. The first kappa shape index (κ1) is 13.6. The molecule has 1 aliphatic rings. The van der Waals surface area contributed by atoms with Crippen LogP contribution in [-0.4, -0.2) is 12.0 Å². The Morgan fingerprint density at radius 2 is 1.81 bits per heavy atom. The number of nitriles is 1. The molecular weight excluding hydrogens is 258 g/mol. The van der Waals surface area contributed by atoms with Gasteiger partial charge in [-0.05, 0) is 68.0 Å². The number of aromatic nitrogens is 1. The van der Waals surface area contributed by atoms with Crippen LogP contribution < -0.4 is 4.90 Å². The Morgan fingerprint density at radius 3 is 2.48 bits per heavy atom. The summed E-state index contributed by atoms with van der Waals surface area (Å²) in [7, 11) is 1.98. The van der Waals surface area contributed by atoms with Crippen LogP contribution in [0, 0.1) is 25.2 Å². The third-order valence-electron chi connectivity index (χ3n) is 4.06. The zero-order valence-corrected chi connectivity index (χ0v) is 12.8. The van der Waals surface area contributed by atoms with Gasteiger partial charge < -0.3 is 4.90 Å². The smallest absolute Gasteiger partial charge is 0.151 e. The molecule has 0 bridgehead atoms. The predicted octanol–water partition coefficient (Wildman–Crippen LogP) is 3.83. The minimum atomic E-state index is 0.664. The van der Waals surface area contributed by atoms with Crippen LogP contribution in [0.5, 0.6) is 0 Å². The van der Waals surface area contributed by atoms with E-state index in [0.717, 1.165) is 36.5 Å². The molecule has 3 rings (SSSR count). The Kier molecular flexibility index (Phi) is 3.39. The van der Waals surface area contributed by atoms with Gasteiger partial charge in [-0.3, -0.25) is 0 Å². The van der Waals surface area contributed by atoms with Crippen LogP contribution in [0.4, 0.5) is 11.5 Å². The molecule has 21 heavy (non-hydrogen) atoms. The molecule has 0 fully saturated rings. The molecule has 1 heterocycles. The van der Waals surface area contributed by atoms with E-state index < -0.39 is 0 Å². The summed E-state index contributed by atoms with van der Waals surface area (Å²) in [5.41, 5.74) is 6.57. The number of benzene rings is 1. The van der Waals surface area contributed by atoms with E-state index in [-0.39, 0.29) is 0 Å². The van der Waals surface area contributed by atoms with E-state index in [2.05, 4.69) is 38.1 Å². The highest BCUT2D eigenvalue weighted by molar-refractivity contribution is 5.67. The van der Waals surface area contributed by atoms with Gasteiger partial charge in [0.25, 0.3) is 0 Å². The third-order valence-corrected chi connectivity index (χ3v) is 4.06. The Labute approximate surface area is 125 Å². The summed E-state index contributed by atoms with van der Waals surface area (Å²) in [4.78, 5) is 6.79. The molecule has 1 aromatic carbocycles. The van der Waals surface area contributed by atoms with E-state index in [9.17, 15) is 5.26 Å². The molecule has 0 radical (unpaired) electrons. The van der Waals surface area contributed by atoms with Crippen molar-refractivity contribution < 1.29 is 0 Å². The molecule has 1 aliphatic carbocycles. The number of hydrogen-bond acceptors (Lipinski definition) is 3. The normalized spacial score (nSPS) is 12.9. The van der Waals surface area contributed by atoms with Crippen LogP contribution >= 0.6 is 0 Å². The van der Waals surface area contributed by atoms with Crippen molar-refractivity contribution in [2.75, 3.05) is 11.9 Å². The van der Waals surface area contributed by atoms with Gasteiger partial charge in [0.15, 0.2) is 5.82 Å². The van der Waals surface area contributed by atoms with Crippen LogP contribution in [-0.2, 0) is 12.8 Å². The summed E-state index contributed by atoms with van der Waals surface area (Å²) in [5.74, 6) is 0.767. The van der Waals surface area contributed by atoms with E-state index in [1.807, 2.05) is 18.0 Å². The van der Waals surface area contributed by atoms with Crippen molar-refractivity contribution in [3.05, 3.63) is 52.2 Å². The summed E-state index contributed by atoms with van der Waals surface area (Å²) in [6.45, 7) is 4.18. The van der Waals surface area contributed by atoms with Gasteiger partial charge in [-0.1, -0.05) is 6.07 Å². The lowest BCUT2D eigenvalue weighted by molar-refractivity contribution is 0.898. The topological polar surface area (TPSA) is 39.9 Å². The van der Waals surface area contributed by atoms with Crippen molar-refractivity contribution in [3.63, 3.8) is 0 Å². The fourth-order valence-electron chi connectivity index (χ4n) is 3.07. The van der Waals surface area contributed by atoms with Crippen molar-refractivity contribution in [2.24, 2.45) is 0 Å². The molecule has 3 nitrogen and oxygen atoms in total. The average molecular weight is 277 g/mol. The maximum absolute atomic E-state index is 9.44. The van der Waals surface area contributed by atoms with Crippen molar-refractivity contribution >= 4 is 11.5 Å². The highest BCUT2D eigenvalue weighted by Gasteiger charge is 2.19. The van der Waals surface area contributed by atoms with E-state index in [0.29, 0.717) is 5.56 Å². The second-order valence-corrected chi connectivity index (χ2v) is 5.84. The number of fused-ring (bicyclic) bond motifs is 1. The fraction of sp³-hybridized carbons (Fsp3) is 0.333. The van der Waals surface area contributed by atoms with Gasteiger partial charge >= 0.3 is 0 Å².